The number of nitrogens with zero attached hydrogens (tertiary/aromatic N) is 2. The van der Waals surface area contributed by atoms with Crippen molar-refractivity contribution in [3.05, 3.63) is 21.8 Å². The molecular weight excluding hydrogens is 218 g/mol. The van der Waals surface area contributed by atoms with Crippen molar-refractivity contribution >= 4 is 11.6 Å². The summed E-state index contributed by atoms with van der Waals surface area (Å²) < 4.78 is 0. The number of hydrogen-bond acceptors (Lipinski definition) is 6. The monoisotopic (exact) mass is 231 g/mol. The topological polar surface area (TPSA) is 114 Å². The molecule has 0 aliphatic heterocycles. The van der Waals surface area contributed by atoms with Crippen molar-refractivity contribution in [1.29, 1.82) is 0 Å². The Bertz CT molecular complexity index is 337. The highest BCUT2D eigenvalue weighted by Crippen LogP contribution is 2.04. The summed E-state index contributed by atoms with van der Waals surface area (Å²) in [5.41, 5.74) is 1.84. The highest BCUT2D eigenvalue weighted by Gasteiger charge is 2.18. The van der Waals surface area contributed by atoms with Crippen LogP contribution < -0.4 is 5.48 Å². The van der Waals surface area contributed by atoms with Gasteiger partial charge in [-0.15, -0.1) is 0 Å². The van der Waals surface area contributed by atoms with Crippen molar-refractivity contribution in [1.82, 2.24) is 5.48 Å². The van der Waals surface area contributed by atoms with Crippen molar-refractivity contribution in [2.75, 3.05) is 7.11 Å². The fourth-order valence-corrected chi connectivity index (χ4v) is 0.787. The maximum Gasteiger partial charge on any atom is 0.296 e. The van der Waals surface area contributed by atoms with Crippen molar-refractivity contribution in [3.63, 3.8) is 0 Å². The van der Waals surface area contributed by atoms with E-state index in [1.165, 1.54) is 21.0 Å². The minimum Gasteiger partial charge on any atom is -0.410 e. The standard InChI is InChI=1S/C8H13N3O5/c1-5(6(2)11(14)15)4-7(9-13)8(12)10-16-3/h4,6,13H,1-3H3,(H,10,12)/b5-4+,9-7-. The average Bonchev–Trinajstić information content (AvgIpc) is 2.24. The Labute approximate surface area is 91.7 Å². The molecule has 0 heterocycles. The van der Waals surface area contributed by atoms with Crippen LogP contribution in [-0.2, 0) is 9.63 Å². The largest absolute Gasteiger partial charge is 0.410 e. The van der Waals surface area contributed by atoms with Gasteiger partial charge in [-0.25, -0.2) is 5.48 Å². The molecule has 0 aromatic heterocycles. The number of carbonyl (C=O) groups excluding carboxylic acids is 1. The third-order valence-corrected chi connectivity index (χ3v) is 1.87. The summed E-state index contributed by atoms with van der Waals surface area (Å²) in [4.78, 5) is 25.4. The van der Waals surface area contributed by atoms with E-state index in [2.05, 4.69) is 9.99 Å². The Morgan fingerprint density at radius 3 is 2.62 bits per heavy atom. The summed E-state index contributed by atoms with van der Waals surface area (Å²) in [6.45, 7) is 2.81. The summed E-state index contributed by atoms with van der Waals surface area (Å²) in [6, 6.07) is -0.966. The first-order valence-electron chi connectivity index (χ1n) is 4.31. The molecule has 2 N–H and O–H groups in total. The lowest BCUT2D eigenvalue weighted by Crippen LogP contribution is -2.30. The SMILES string of the molecule is CONC(=O)C(/C=C(\C)C(C)[N+](=O)[O-])=N\O. The van der Waals surface area contributed by atoms with Crippen LogP contribution in [0.2, 0.25) is 0 Å². The molecule has 0 spiro atoms. The van der Waals surface area contributed by atoms with E-state index in [0.29, 0.717) is 0 Å². The molecule has 0 bridgehead atoms. The zero-order valence-corrected chi connectivity index (χ0v) is 9.13. The summed E-state index contributed by atoms with van der Waals surface area (Å²) in [6.07, 6.45) is 1.11. The smallest absolute Gasteiger partial charge is 0.296 e. The molecule has 0 aliphatic carbocycles. The maximum absolute atomic E-state index is 11.2. The first-order valence-corrected chi connectivity index (χ1v) is 4.31. The Hall–Kier alpha value is -1.96. The highest BCUT2D eigenvalue weighted by atomic mass is 16.6. The fraction of sp³-hybridized carbons (Fsp3) is 0.500. The molecule has 0 fully saturated rings. The normalized spacial score (nSPS) is 14.4. The molecule has 1 unspecified atom stereocenters. The van der Waals surface area contributed by atoms with Crippen LogP contribution in [0.5, 0.6) is 0 Å². The van der Waals surface area contributed by atoms with Gasteiger partial charge in [-0.2, -0.15) is 0 Å². The summed E-state index contributed by atoms with van der Waals surface area (Å²) in [7, 11) is 1.21. The second kappa shape index (κ2) is 6.51. The maximum atomic E-state index is 11.2. The van der Waals surface area contributed by atoms with Gasteiger partial charge in [-0.3, -0.25) is 19.7 Å². The number of carbonyl (C=O) groups is 1. The molecule has 8 heteroatoms. The zero-order chi connectivity index (χ0) is 12.7. The van der Waals surface area contributed by atoms with Gasteiger partial charge >= 0.3 is 0 Å². The third-order valence-electron chi connectivity index (χ3n) is 1.87. The summed E-state index contributed by atoms with van der Waals surface area (Å²) in [5, 5.41) is 21.7. The predicted molar refractivity (Wildman–Crippen MR) is 54.6 cm³/mol. The molecule has 1 atom stereocenters. The van der Waals surface area contributed by atoms with E-state index in [9.17, 15) is 14.9 Å². The van der Waals surface area contributed by atoms with Gasteiger partial charge in [0.05, 0.1) is 7.11 Å². The van der Waals surface area contributed by atoms with Gasteiger partial charge in [-0.1, -0.05) is 5.16 Å². The first-order chi connectivity index (χ1) is 7.43. The second-order valence-electron chi connectivity index (χ2n) is 2.97. The van der Waals surface area contributed by atoms with Crippen molar-refractivity contribution in [3.8, 4) is 0 Å². The molecule has 90 valence electrons. The number of hydroxylamine groups is 1. The van der Waals surface area contributed by atoms with Gasteiger partial charge in [0.25, 0.3) is 5.91 Å². The molecule has 0 radical (unpaired) electrons. The van der Waals surface area contributed by atoms with Crippen LogP contribution in [0.25, 0.3) is 0 Å². The predicted octanol–water partition coefficient (Wildman–Crippen LogP) is 0.106. The lowest BCUT2D eigenvalue weighted by Gasteiger charge is -2.04. The van der Waals surface area contributed by atoms with Crippen LogP contribution in [0.4, 0.5) is 0 Å². The Morgan fingerprint density at radius 1 is 1.69 bits per heavy atom. The molecule has 16 heavy (non-hydrogen) atoms. The number of nitro groups is 1. The Kier molecular flexibility index (Phi) is 5.71. The van der Waals surface area contributed by atoms with E-state index in [-0.39, 0.29) is 11.3 Å². The van der Waals surface area contributed by atoms with Crippen LogP contribution in [0.3, 0.4) is 0 Å². The summed E-state index contributed by atoms with van der Waals surface area (Å²) in [5.74, 6) is -0.792. The zero-order valence-electron chi connectivity index (χ0n) is 9.13. The van der Waals surface area contributed by atoms with Gasteiger partial charge in [0, 0.05) is 17.4 Å². The fourth-order valence-electron chi connectivity index (χ4n) is 0.787. The second-order valence-corrected chi connectivity index (χ2v) is 2.97. The average molecular weight is 231 g/mol. The molecule has 0 saturated heterocycles. The highest BCUT2D eigenvalue weighted by molar-refractivity contribution is 6.43. The lowest BCUT2D eigenvalue weighted by atomic mass is 10.1. The van der Waals surface area contributed by atoms with Gasteiger partial charge in [-0.05, 0) is 13.0 Å². The molecular formula is C8H13N3O5. The van der Waals surface area contributed by atoms with Crippen molar-refractivity contribution < 1.29 is 19.8 Å². The lowest BCUT2D eigenvalue weighted by molar-refractivity contribution is -0.507. The Balaban J connectivity index is 4.83. The number of rotatable bonds is 5. The van der Waals surface area contributed by atoms with Gasteiger partial charge < -0.3 is 5.21 Å². The van der Waals surface area contributed by atoms with E-state index >= 15 is 0 Å². The van der Waals surface area contributed by atoms with Crippen LogP contribution >= 0.6 is 0 Å². The van der Waals surface area contributed by atoms with E-state index < -0.39 is 16.9 Å². The quantitative estimate of drug-likeness (QED) is 0.301. The Morgan fingerprint density at radius 2 is 2.25 bits per heavy atom. The van der Waals surface area contributed by atoms with Gasteiger partial charge in [0.1, 0.15) is 0 Å². The number of hydrogen-bond donors (Lipinski definition) is 2. The van der Waals surface area contributed by atoms with E-state index in [1.807, 2.05) is 5.48 Å². The van der Waals surface area contributed by atoms with Crippen LogP contribution in [0.1, 0.15) is 13.8 Å². The van der Waals surface area contributed by atoms with E-state index in [4.69, 9.17) is 5.21 Å². The van der Waals surface area contributed by atoms with Crippen molar-refractivity contribution in [2.45, 2.75) is 19.9 Å². The third kappa shape index (κ3) is 4.05. The van der Waals surface area contributed by atoms with E-state index in [1.54, 1.807) is 0 Å². The van der Waals surface area contributed by atoms with Gasteiger partial charge in [0.15, 0.2) is 5.71 Å². The molecule has 0 saturated carbocycles. The van der Waals surface area contributed by atoms with Crippen LogP contribution in [-0.4, -0.2) is 34.9 Å². The van der Waals surface area contributed by atoms with Crippen LogP contribution in [0.15, 0.2) is 16.8 Å². The number of amides is 1. The molecule has 0 aromatic carbocycles. The van der Waals surface area contributed by atoms with Crippen molar-refractivity contribution in [2.24, 2.45) is 5.16 Å². The minimum atomic E-state index is -0.966. The molecule has 1 amide bonds. The first kappa shape index (κ1) is 14.0. The molecule has 8 nitrogen and oxygen atoms in total. The number of oxime groups is 1. The molecule has 0 aliphatic rings. The number of nitrogens with one attached hydrogen (secondary N) is 1. The summed E-state index contributed by atoms with van der Waals surface area (Å²) >= 11 is 0. The molecule has 0 aromatic rings. The van der Waals surface area contributed by atoms with E-state index in [0.717, 1.165) is 6.08 Å². The minimum absolute atomic E-state index is 0.282. The van der Waals surface area contributed by atoms with Gasteiger partial charge in [0.2, 0.25) is 6.04 Å². The molecule has 0 rings (SSSR count). The van der Waals surface area contributed by atoms with Crippen LogP contribution in [0, 0.1) is 10.1 Å².